The highest BCUT2D eigenvalue weighted by atomic mass is 16.2. The van der Waals surface area contributed by atoms with Gasteiger partial charge >= 0.3 is 0 Å². The lowest BCUT2D eigenvalue weighted by Crippen LogP contribution is -2.23. The molecular weight excluding hydrogens is 534 g/mol. The summed E-state index contributed by atoms with van der Waals surface area (Å²) in [7, 11) is 2.00. The summed E-state index contributed by atoms with van der Waals surface area (Å²) in [6, 6.07) is 26.3. The molecule has 0 saturated carbocycles. The predicted molar refractivity (Wildman–Crippen MR) is 171 cm³/mol. The van der Waals surface area contributed by atoms with Crippen molar-refractivity contribution in [1.29, 1.82) is 10.7 Å². The number of aliphatic imine (C=N–C) groups is 2. The molecule has 2 amide bonds. The molecule has 0 bridgehead atoms. The second-order valence-electron chi connectivity index (χ2n) is 10.5. The summed E-state index contributed by atoms with van der Waals surface area (Å²) in [4.78, 5) is 34.6. The minimum absolute atomic E-state index is 0.102. The van der Waals surface area contributed by atoms with E-state index in [0.717, 1.165) is 69.4 Å². The van der Waals surface area contributed by atoms with Crippen molar-refractivity contribution in [2.75, 3.05) is 13.6 Å². The van der Waals surface area contributed by atoms with Gasteiger partial charge < -0.3 is 4.90 Å². The second kappa shape index (κ2) is 10.9. The maximum absolute atomic E-state index is 12.4. The van der Waals surface area contributed by atoms with Crippen LogP contribution in [0.25, 0.3) is 32.7 Å². The molecule has 1 N–H and O–H groups in total. The van der Waals surface area contributed by atoms with Gasteiger partial charge in [-0.1, -0.05) is 86.1 Å². The molecule has 0 saturated heterocycles. The number of hydrogen-bond acceptors (Lipinski definition) is 5. The van der Waals surface area contributed by atoms with Crippen molar-refractivity contribution < 1.29 is 9.59 Å². The van der Waals surface area contributed by atoms with Crippen molar-refractivity contribution >= 4 is 61.8 Å². The van der Waals surface area contributed by atoms with Crippen LogP contribution in [0.5, 0.6) is 0 Å². The molecule has 7 nitrogen and oxygen atoms in total. The summed E-state index contributed by atoms with van der Waals surface area (Å²) in [5.41, 5.74) is 8.30. The molecule has 7 heteroatoms. The first-order chi connectivity index (χ1) is 20.9. The van der Waals surface area contributed by atoms with Gasteiger partial charge in [-0.2, -0.15) is 5.26 Å². The molecule has 208 valence electrons. The molecular formula is C36H27N5O2. The standard InChI is InChI=1S/C19H18N2O.C15H6N2O.C2H3N/c1-3-4-11-21(2)18-16-13-9-5-7-12-8-6-10-14(15(12)13)17(16)20-19(18)22;16-7-11-13-9-5-1-3-8-4-2-6-10(12(8)9)14(13)17-15(11)18;1-2-3/h5-10H,3-4,11H2,1-2H3;1-6H;3H,1H2. The van der Waals surface area contributed by atoms with Gasteiger partial charge in [-0.25, -0.2) is 9.98 Å². The van der Waals surface area contributed by atoms with Crippen LogP contribution < -0.4 is 0 Å². The van der Waals surface area contributed by atoms with Gasteiger partial charge in [0.05, 0.1) is 11.4 Å². The number of allylic oxidation sites excluding steroid dienone is 2. The number of nitrogens with one attached hydrogen (secondary N) is 1. The highest BCUT2D eigenvalue weighted by Crippen LogP contribution is 2.44. The van der Waals surface area contributed by atoms with Crippen LogP contribution in [0.3, 0.4) is 0 Å². The van der Waals surface area contributed by atoms with Crippen LogP contribution in [0, 0.1) is 16.7 Å². The Morgan fingerprint density at radius 1 is 0.791 bits per heavy atom. The van der Waals surface area contributed by atoms with E-state index in [-0.39, 0.29) is 11.5 Å². The SMILES string of the molecule is C=C=N.CCCCN(C)C1=C2C(=NC1=O)c1cccc3cccc2c13.N#CC1=C2C(=NC1=O)c1cccc3cccc2c13. The Morgan fingerprint density at radius 3 is 1.77 bits per heavy atom. The number of amides is 2. The third-order valence-corrected chi connectivity index (χ3v) is 8.00. The Morgan fingerprint density at radius 2 is 1.26 bits per heavy atom. The number of carbonyl (C=O) groups is 2. The number of unbranched alkanes of at least 4 members (excludes halogenated alkanes) is 1. The lowest BCUT2D eigenvalue weighted by Gasteiger charge is -2.20. The lowest BCUT2D eigenvalue weighted by molar-refractivity contribution is -0.115. The molecule has 4 aromatic rings. The molecule has 8 rings (SSSR count). The molecule has 0 atom stereocenters. The number of benzene rings is 4. The Balaban J connectivity index is 0.000000143. The number of hydrogen-bond donors (Lipinski definition) is 1. The number of rotatable bonds is 4. The molecule has 2 heterocycles. The first-order valence-corrected chi connectivity index (χ1v) is 14.1. The van der Waals surface area contributed by atoms with E-state index < -0.39 is 5.91 Å². The zero-order valence-corrected chi connectivity index (χ0v) is 23.9. The Labute approximate surface area is 249 Å². The molecule has 0 unspecified atom stereocenters. The average Bonchev–Trinajstić information content (AvgIpc) is 3.72. The molecule has 0 fully saturated rings. The number of likely N-dealkylation sites (N-methyl/N-ethyl adjacent to an activating group) is 1. The summed E-state index contributed by atoms with van der Waals surface area (Å²) < 4.78 is 0. The zero-order chi connectivity index (χ0) is 30.2. The van der Waals surface area contributed by atoms with Crippen LogP contribution in [0.1, 0.15) is 42.0 Å². The van der Waals surface area contributed by atoms with E-state index in [1.165, 1.54) is 10.8 Å². The summed E-state index contributed by atoms with van der Waals surface area (Å²) >= 11 is 0. The van der Waals surface area contributed by atoms with Crippen LogP contribution in [0.2, 0.25) is 0 Å². The third kappa shape index (κ3) is 4.25. The highest BCUT2D eigenvalue weighted by molar-refractivity contribution is 6.50. The van der Waals surface area contributed by atoms with Gasteiger partial charge in [0.1, 0.15) is 17.3 Å². The van der Waals surface area contributed by atoms with Gasteiger partial charge in [0.25, 0.3) is 11.8 Å². The fraction of sp³-hybridized carbons (Fsp3) is 0.139. The molecule has 43 heavy (non-hydrogen) atoms. The van der Waals surface area contributed by atoms with Crippen molar-refractivity contribution in [3.63, 3.8) is 0 Å². The van der Waals surface area contributed by atoms with Crippen molar-refractivity contribution in [2.45, 2.75) is 19.8 Å². The second-order valence-corrected chi connectivity index (χ2v) is 10.5. The molecule has 2 aliphatic carbocycles. The summed E-state index contributed by atoms with van der Waals surface area (Å²) in [5.74, 6) is 1.23. The van der Waals surface area contributed by atoms with Crippen LogP contribution in [-0.4, -0.2) is 47.6 Å². The Hall–Kier alpha value is -5.70. The Kier molecular flexibility index (Phi) is 6.99. The summed E-state index contributed by atoms with van der Waals surface area (Å²) in [6.45, 7) is 5.95. The first kappa shape index (κ1) is 27.5. The van der Waals surface area contributed by atoms with E-state index >= 15 is 0 Å². The third-order valence-electron chi connectivity index (χ3n) is 8.00. The Bertz CT molecular complexity index is 2090. The van der Waals surface area contributed by atoms with Gasteiger partial charge in [0.15, 0.2) is 0 Å². The summed E-state index contributed by atoms with van der Waals surface area (Å²) in [5, 5.41) is 19.6. The molecule has 4 aromatic carbocycles. The predicted octanol–water partition coefficient (Wildman–Crippen LogP) is 6.51. The van der Waals surface area contributed by atoms with Crippen LogP contribution in [0.4, 0.5) is 0 Å². The van der Waals surface area contributed by atoms with Crippen LogP contribution in [-0.2, 0) is 9.59 Å². The maximum atomic E-state index is 12.4. The van der Waals surface area contributed by atoms with Gasteiger partial charge in [-0.3, -0.25) is 15.0 Å². The molecule has 0 spiro atoms. The fourth-order valence-corrected chi connectivity index (χ4v) is 6.23. The fourth-order valence-electron chi connectivity index (χ4n) is 6.23. The normalized spacial score (nSPS) is 14.8. The van der Waals surface area contributed by atoms with Crippen molar-refractivity contribution in [2.24, 2.45) is 9.98 Å². The average molecular weight is 562 g/mol. The smallest absolute Gasteiger partial charge is 0.294 e. The van der Waals surface area contributed by atoms with Crippen molar-refractivity contribution in [3.8, 4) is 6.07 Å². The number of fused-ring (bicyclic) bond motifs is 6. The van der Waals surface area contributed by atoms with E-state index in [0.29, 0.717) is 11.3 Å². The number of nitriles is 1. The van der Waals surface area contributed by atoms with E-state index in [4.69, 9.17) is 10.7 Å². The maximum Gasteiger partial charge on any atom is 0.294 e. The van der Waals surface area contributed by atoms with Gasteiger partial charge in [0, 0.05) is 35.9 Å². The molecule has 0 radical (unpaired) electrons. The van der Waals surface area contributed by atoms with E-state index in [1.54, 1.807) is 5.87 Å². The molecule has 2 aliphatic heterocycles. The molecule has 4 aliphatic rings. The minimum atomic E-state index is -0.422. The number of carbonyl (C=O) groups excluding carboxylic acids is 2. The topological polar surface area (TPSA) is 110 Å². The van der Waals surface area contributed by atoms with Gasteiger partial charge in [0.2, 0.25) is 0 Å². The number of nitrogens with zero attached hydrogens (tertiary/aromatic N) is 4. The minimum Gasteiger partial charge on any atom is -0.370 e. The summed E-state index contributed by atoms with van der Waals surface area (Å²) in [6.07, 6.45) is 2.19. The monoisotopic (exact) mass is 561 g/mol. The van der Waals surface area contributed by atoms with Crippen molar-refractivity contribution in [1.82, 2.24) is 4.90 Å². The van der Waals surface area contributed by atoms with E-state index in [9.17, 15) is 9.59 Å². The van der Waals surface area contributed by atoms with Gasteiger partial charge in [-0.05, 0) is 51.5 Å². The van der Waals surface area contributed by atoms with Crippen molar-refractivity contribution in [3.05, 3.63) is 113 Å². The quantitative estimate of drug-likeness (QED) is 0.287. The van der Waals surface area contributed by atoms with Crippen LogP contribution >= 0.6 is 0 Å². The van der Waals surface area contributed by atoms with E-state index in [2.05, 4.69) is 58.7 Å². The zero-order valence-electron chi connectivity index (χ0n) is 23.9. The highest BCUT2D eigenvalue weighted by Gasteiger charge is 2.37. The molecule has 0 aromatic heterocycles. The first-order valence-electron chi connectivity index (χ1n) is 14.1. The largest absolute Gasteiger partial charge is 0.370 e. The van der Waals surface area contributed by atoms with E-state index in [1.807, 2.05) is 55.6 Å². The van der Waals surface area contributed by atoms with Gasteiger partial charge in [-0.15, -0.1) is 0 Å². The lowest BCUT2D eigenvalue weighted by atomic mass is 10.0. The van der Waals surface area contributed by atoms with Crippen LogP contribution in [0.15, 0.2) is 101 Å².